The van der Waals surface area contributed by atoms with Gasteiger partial charge in [-0.25, -0.2) is 38.4 Å². The van der Waals surface area contributed by atoms with Gasteiger partial charge in [-0.1, -0.05) is 26.3 Å². The molecule has 0 radical (unpaired) electrons. The maximum atomic E-state index is 12.4. The zero-order chi connectivity index (χ0) is 34.9. The number of hydrogen-bond donors (Lipinski definition) is 0. The van der Waals surface area contributed by atoms with Gasteiger partial charge >= 0.3 is 48.5 Å². The maximum absolute atomic E-state index is 12.4. The Morgan fingerprint density at radius 3 is 0.848 bits per heavy atom. The Morgan fingerprint density at radius 2 is 0.630 bits per heavy atom. The van der Waals surface area contributed by atoms with E-state index < -0.39 is 71.5 Å². The zero-order valence-electron chi connectivity index (χ0n) is 24.7. The number of fused-ring (bicyclic) bond motifs is 1. The highest BCUT2D eigenvalue weighted by Crippen LogP contribution is 2.41. The van der Waals surface area contributed by atoms with Gasteiger partial charge in [0.2, 0.25) is 0 Å². The van der Waals surface area contributed by atoms with Crippen molar-refractivity contribution in [1.82, 2.24) is 0 Å². The molecule has 0 aromatic heterocycles. The molecule has 46 heavy (non-hydrogen) atoms. The minimum atomic E-state index is -1.66. The quantitative estimate of drug-likeness (QED) is 0.118. The van der Waals surface area contributed by atoms with E-state index >= 15 is 0 Å². The molecule has 16 nitrogen and oxygen atoms in total. The van der Waals surface area contributed by atoms with Crippen molar-refractivity contribution in [3.05, 3.63) is 72.9 Å². The summed E-state index contributed by atoms with van der Waals surface area (Å²) in [4.78, 5) is 96.5. The fourth-order valence-electron chi connectivity index (χ4n) is 2.73. The normalized spacial score (nSPS) is 9.91. The Labute approximate surface area is 259 Å². The minimum Gasteiger partial charge on any atom is -0.394 e. The molecule has 0 spiro atoms. The van der Waals surface area contributed by atoms with E-state index in [9.17, 15) is 38.4 Å². The largest absolute Gasteiger partial charge is 0.522 e. The molecule has 0 atom stereocenters. The Hall–Kier alpha value is -6.58. The molecular weight excluding hydrogens is 616 g/mol. The van der Waals surface area contributed by atoms with Crippen LogP contribution in [0.2, 0.25) is 0 Å². The first-order chi connectivity index (χ1) is 21.4. The average Bonchev–Trinajstić information content (AvgIpc) is 2.94. The van der Waals surface area contributed by atoms with E-state index in [1.165, 1.54) is 27.7 Å². The Kier molecular flexibility index (Phi) is 11.8. The van der Waals surface area contributed by atoms with Crippen molar-refractivity contribution in [3.63, 3.8) is 0 Å². The van der Waals surface area contributed by atoms with Crippen LogP contribution in [0.1, 0.15) is 27.7 Å². The van der Waals surface area contributed by atoms with Gasteiger partial charge < -0.3 is 37.9 Å². The van der Waals surface area contributed by atoms with Gasteiger partial charge in [0.25, 0.3) is 0 Å². The lowest BCUT2D eigenvalue weighted by molar-refractivity contribution is -0.135. The molecule has 2 aromatic rings. The van der Waals surface area contributed by atoms with Crippen LogP contribution >= 0.6 is 0 Å². The highest BCUT2D eigenvalue weighted by atomic mass is 16.8. The van der Waals surface area contributed by atoms with E-state index in [0.717, 1.165) is 24.3 Å². The van der Waals surface area contributed by atoms with Crippen LogP contribution in [0.25, 0.3) is 10.8 Å². The maximum Gasteiger partial charge on any atom is 0.522 e. The number of carbonyl (C=O) groups excluding carboxylic acids is 8. The minimum absolute atomic E-state index is 0.148. The molecule has 0 heterocycles. The smallest absolute Gasteiger partial charge is 0.394 e. The molecule has 0 N–H and O–H groups in total. The summed E-state index contributed by atoms with van der Waals surface area (Å²) in [6.07, 6.45) is -6.42. The van der Waals surface area contributed by atoms with Gasteiger partial charge in [0, 0.05) is 33.1 Å². The number of esters is 4. The van der Waals surface area contributed by atoms with E-state index in [4.69, 9.17) is 18.9 Å². The molecule has 2 aromatic carbocycles. The van der Waals surface area contributed by atoms with E-state index in [2.05, 4.69) is 45.3 Å². The van der Waals surface area contributed by atoms with Crippen molar-refractivity contribution in [1.29, 1.82) is 0 Å². The van der Waals surface area contributed by atoms with Crippen LogP contribution in [0, 0.1) is 0 Å². The highest BCUT2D eigenvalue weighted by Gasteiger charge is 2.25. The molecule has 240 valence electrons. The Bertz CT molecular complexity index is 1620. The summed E-state index contributed by atoms with van der Waals surface area (Å²) < 4.78 is 38.1. The second-order valence-corrected chi connectivity index (χ2v) is 8.99. The van der Waals surface area contributed by atoms with E-state index in [1.807, 2.05) is 0 Å². The van der Waals surface area contributed by atoms with Crippen molar-refractivity contribution in [2.24, 2.45) is 0 Å². The van der Waals surface area contributed by atoms with E-state index in [-0.39, 0.29) is 33.1 Å². The number of hydrogen-bond acceptors (Lipinski definition) is 16. The first kappa shape index (κ1) is 35.6. The predicted octanol–water partition coefficient (Wildman–Crippen LogP) is 5.31. The summed E-state index contributed by atoms with van der Waals surface area (Å²) in [5.41, 5.74) is -0.673. The average molecular weight is 641 g/mol. The number of rotatable bonds is 8. The number of benzene rings is 2. The van der Waals surface area contributed by atoms with Crippen molar-refractivity contribution in [3.8, 4) is 23.0 Å². The summed E-state index contributed by atoms with van der Waals surface area (Å²) in [6.45, 7) is 18.2. The fraction of sp³-hybridized carbons (Fsp3) is 0.133. The lowest BCUT2D eigenvalue weighted by Gasteiger charge is -2.15. The van der Waals surface area contributed by atoms with Crippen LogP contribution in [-0.2, 0) is 38.1 Å². The van der Waals surface area contributed by atoms with Gasteiger partial charge in [-0.3, -0.25) is 0 Å². The highest BCUT2D eigenvalue weighted by molar-refractivity contribution is 6.01. The van der Waals surface area contributed by atoms with Gasteiger partial charge in [0.05, 0.1) is 0 Å². The summed E-state index contributed by atoms with van der Waals surface area (Å²) >= 11 is 0. The van der Waals surface area contributed by atoms with Gasteiger partial charge in [-0.05, 0) is 52.0 Å². The monoisotopic (exact) mass is 640 g/mol. The van der Waals surface area contributed by atoms with Crippen molar-refractivity contribution in [2.45, 2.75) is 27.7 Å². The molecule has 0 aliphatic rings. The SMILES string of the molecule is C=C(C)C(=O)OC(=O)Oc1cc2c(OC(=O)OC(=O)C(=C)C)ccc(OC(=O)OC(=O)C(=C)C)c2cc1OC(=O)OC(=O)C(=C)C. The topological polar surface area (TPSA) is 210 Å². The standard InChI is InChI=1S/C30H24O16/c1-13(2)23(31)43-27(35)39-19-9-10-20(40-28(36)44-24(32)14(3)4)18-12-22(42-30(38)46-26(34)16(7)8)21(11-17(18)19)41-29(37)45-25(33)15(5)6/h9-12H,1,3,5,7H2,2,4,6,8H3. The molecule has 0 saturated heterocycles. The molecule has 0 unspecified atom stereocenters. The first-order valence-corrected chi connectivity index (χ1v) is 12.4. The molecule has 0 aliphatic carbocycles. The predicted molar refractivity (Wildman–Crippen MR) is 152 cm³/mol. The number of carbonyl (C=O) groups is 8. The summed E-state index contributed by atoms with van der Waals surface area (Å²) in [6, 6.07) is 3.77. The molecule has 0 bridgehead atoms. The third kappa shape index (κ3) is 10.0. The lowest BCUT2D eigenvalue weighted by atomic mass is 10.1. The molecule has 2 rings (SSSR count). The van der Waals surface area contributed by atoms with Gasteiger partial charge in [0.15, 0.2) is 11.5 Å². The molecule has 0 fully saturated rings. The zero-order valence-corrected chi connectivity index (χ0v) is 24.7. The fourth-order valence-corrected chi connectivity index (χ4v) is 2.73. The summed E-state index contributed by atoms with van der Waals surface area (Å²) in [5, 5.41) is -0.548. The van der Waals surface area contributed by atoms with Crippen molar-refractivity contribution < 1.29 is 76.3 Å². The third-order valence-electron chi connectivity index (χ3n) is 4.87. The van der Waals surface area contributed by atoms with Crippen LogP contribution in [0.4, 0.5) is 19.2 Å². The Balaban J connectivity index is 2.74. The van der Waals surface area contributed by atoms with Gasteiger partial charge in [-0.2, -0.15) is 0 Å². The van der Waals surface area contributed by atoms with Gasteiger partial charge in [0.1, 0.15) is 11.5 Å². The van der Waals surface area contributed by atoms with Crippen molar-refractivity contribution >= 4 is 59.3 Å². The molecule has 0 aliphatic heterocycles. The lowest BCUT2D eigenvalue weighted by Crippen LogP contribution is -2.19. The van der Waals surface area contributed by atoms with E-state index in [1.54, 1.807) is 0 Å². The second kappa shape index (κ2) is 15.2. The third-order valence-corrected chi connectivity index (χ3v) is 4.87. The first-order valence-electron chi connectivity index (χ1n) is 12.4. The molecule has 16 heteroatoms. The Morgan fingerprint density at radius 1 is 0.413 bits per heavy atom. The molecule has 0 saturated carbocycles. The second-order valence-electron chi connectivity index (χ2n) is 8.99. The van der Waals surface area contributed by atoms with Gasteiger partial charge in [-0.15, -0.1) is 0 Å². The van der Waals surface area contributed by atoms with Crippen LogP contribution in [0.5, 0.6) is 23.0 Å². The van der Waals surface area contributed by atoms with E-state index in [0.29, 0.717) is 0 Å². The van der Waals surface area contributed by atoms with Crippen LogP contribution in [0.3, 0.4) is 0 Å². The number of ether oxygens (including phenoxy) is 8. The summed E-state index contributed by atoms with van der Waals surface area (Å²) in [7, 11) is 0. The molecular formula is C30H24O16. The van der Waals surface area contributed by atoms with Crippen LogP contribution in [0.15, 0.2) is 72.9 Å². The van der Waals surface area contributed by atoms with Crippen molar-refractivity contribution in [2.75, 3.05) is 0 Å². The summed E-state index contributed by atoms with van der Waals surface area (Å²) in [5.74, 6) is -6.95. The molecule has 0 amide bonds. The van der Waals surface area contributed by atoms with Crippen LogP contribution in [-0.4, -0.2) is 48.5 Å². The van der Waals surface area contributed by atoms with Crippen LogP contribution < -0.4 is 18.9 Å².